The Balaban J connectivity index is 1.75. The summed E-state index contributed by atoms with van der Waals surface area (Å²) in [6.07, 6.45) is 2.84. The highest BCUT2D eigenvalue weighted by molar-refractivity contribution is 5.97. The predicted octanol–water partition coefficient (Wildman–Crippen LogP) is 2.34. The Labute approximate surface area is 143 Å². The highest BCUT2D eigenvalue weighted by Gasteiger charge is 2.49. The van der Waals surface area contributed by atoms with Crippen LogP contribution in [-0.2, 0) is 4.74 Å². The third-order valence-electron chi connectivity index (χ3n) is 5.35. The van der Waals surface area contributed by atoms with Crippen molar-refractivity contribution in [3.63, 3.8) is 0 Å². The first-order chi connectivity index (χ1) is 11.7. The summed E-state index contributed by atoms with van der Waals surface area (Å²) in [6, 6.07) is 7.45. The number of hydrogen-bond acceptors (Lipinski definition) is 4. The first-order valence-electron chi connectivity index (χ1n) is 8.90. The van der Waals surface area contributed by atoms with Crippen molar-refractivity contribution in [3.05, 3.63) is 29.8 Å². The number of aliphatic hydroxyl groups excluding tert-OH is 1. The number of rotatable bonds is 6. The third-order valence-corrected chi connectivity index (χ3v) is 5.35. The lowest BCUT2D eigenvalue weighted by Crippen LogP contribution is -2.41. The zero-order valence-corrected chi connectivity index (χ0v) is 14.4. The van der Waals surface area contributed by atoms with Crippen LogP contribution in [0.25, 0.3) is 0 Å². The van der Waals surface area contributed by atoms with Crippen LogP contribution in [0, 0.1) is 11.3 Å². The normalized spacial score (nSPS) is 26.2. The van der Waals surface area contributed by atoms with E-state index < -0.39 is 0 Å². The van der Waals surface area contributed by atoms with Gasteiger partial charge in [0.15, 0.2) is 0 Å². The van der Waals surface area contributed by atoms with Crippen LogP contribution in [0.1, 0.15) is 36.5 Å². The minimum absolute atomic E-state index is 0.00989. The minimum Gasteiger partial charge on any atom is -0.493 e. The van der Waals surface area contributed by atoms with Crippen molar-refractivity contribution in [1.29, 1.82) is 0 Å². The highest BCUT2D eigenvalue weighted by atomic mass is 16.5. The summed E-state index contributed by atoms with van der Waals surface area (Å²) in [5.74, 6) is 0.859. The monoisotopic (exact) mass is 333 g/mol. The second-order valence-corrected chi connectivity index (χ2v) is 6.93. The quantitative estimate of drug-likeness (QED) is 0.812. The van der Waals surface area contributed by atoms with Gasteiger partial charge in [0.05, 0.1) is 25.4 Å². The van der Waals surface area contributed by atoms with E-state index in [4.69, 9.17) is 9.47 Å². The van der Waals surface area contributed by atoms with E-state index in [0.717, 1.165) is 19.3 Å². The Kier molecular flexibility index (Phi) is 5.41. The van der Waals surface area contributed by atoms with E-state index >= 15 is 0 Å². The molecule has 0 unspecified atom stereocenters. The molecule has 1 N–H and O–H groups in total. The highest BCUT2D eigenvalue weighted by Crippen LogP contribution is 2.42. The van der Waals surface area contributed by atoms with Gasteiger partial charge in [-0.05, 0) is 25.0 Å². The van der Waals surface area contributed by atoms with Crippen LogP contribution < -0.4 is 4.74 Å². The van der Waals surface area contributed by atoms with E-state index in [9.17, 15) is 9.90 Å². The second-order valence-electron chi connectivity index (χ2n) is 6.93. The summed E-state index contributed by atoms with van der Waals surface area (Å²) in [7, 11) is 0. The number of carbonyl (C=O) groups is 1. The molecule has 2 aliphatic heterocycles. The third kappa shape index (κ3) is 3.28. The SMILES string of the molecule is CCCCOc1ccccc1C(=O)N1C[C@@H]2COCC[C@]2(CO)C1. The van der Waals surface area contributed by atoms with Crippen LogP contribution in [0.15, 0.2) is 24.3 Å². The summed E-state index contributed by atoms with van der Waals surface area (Å²) in [6.45, 7) is 5.37. The van der Waals surface area contributed by atoms with Gasteiger partial charge in [-0.15, -0.1) is 0 Å². The van der Waals surface area contributed by atoms with Crippen LogP contribution in [0.5, 0.6) is 5.75 Å². The number of para-hydroxylation sites is 1. The lowest BCUT2D eigenvalue weighted by molar-refractivity contribution is -0.0415. The molecule has 2 heterocycles. The molecule has 0 aliphatic carbocycles. The van der Waals surface area contributed by atoms with E-state index in [0.29, 0.717) is 44.2 Å². The first kappa shape index (κ1) is 17.2. The van der Waals surface area contributed by atoms with Gasteiger partial charge in [0, 0.05) is 31.0 Å². The zero-order valence-electron chi connectivity index (χ0n) is 14.4. The largest absolute Gasteiger partial charge is 0.493 e. The molecule has 2 saturated heterocycles. The number of ether oxygens (including phenoxy) is 2. The number of unbranched alkanes of at least 4 members (excludes halogenated alkanes) is 1. The number of nitrogens with zero attached hydrogens (tertiary/aromatic N) is 1. The molecule has 0 bridgehead atoms. The topological polar surface area (TPSA) is 59.0 Å². The molecule has 132 valence electrons. The molecule has 0 spiro atoms. The molecule has 0 saturated carbocycles. The maximum Gasteiger partial charge on any atom is 0.257 e. The lowest BCUT2D eigenvalue weighted by atomic mass is 9.75. The Morgan fingerprint density at radius 1 is 1.46 bits per heavy atom. The molecule has 2 aliphatic rings. The second kappa shape index (κ2) is 7.53. The van der Waals surface area contributed by atoms with E-state index in [1.165, 1.54) is 0 Å². The zero-order chi connectivity index (χ0) is 17.0. The van der Waals surface area contributed by atoms with Gasteiger partial charge in [0.25, 0.3) is 5.91 Å². The van der Waals surface area contributed by atoms with Crippen molar-refractivity contribution in [3.8, 4) is 5.75 Å². The van der Waals surface area contributed by atoms with Crippen molar-refractivity contribution in [2.75, 3.05) is 39.5 Å². The van der Waals surface area contributed by atoms with Gasteiger partial charge in [-0.2, -0.15) is 0 Å². The summed E-state index contributed by atoms with van der Waals surface area (Å²) >= 11 is 0. The van der Waals surface area contributed by atoms with Gasteiger partial charge in [-0.1, -0.05) is 25.5 Å². The fourth-order valence-electron chi connectivity index (χ4n) is 3.73. The van der Waals surface area contributed by atoms with Gasteiger partial charge >= 0.3 is 0 Å². The molecule has 2 atom stereocenters. The van der Waals surface area contributed by atoms with Gasteiger partial charge in [-0.3, -0.25) is 4.79 Å². The fourth-order valence-corrected chi connectivity index (χ4v) is 3.73. The van der Waals surface area contributed by atoms with Crippen LogP contribution in [0.3, 0.4) is 0 Å². The maximum absolute atomic E-state index is 13.0. The van der Waals surface area contributed by atoms with Gasteiger partial charge in [0.1, 0.15) is 5.75 Å². The van der Waals surface area contributed by atoms with Gasteiger partial charge in [-0.25, -0.2) is 0 Å². The Morgan fingerprint density at radius 3 is 3.04 bits per heavy atom. The van der Waals surface area contributed by atoms with Crippen LogP contribution in [-0.4, -0.2) is 55.4 Å². The van der Waals surface area contributed by atoms with E-state index in [2.05, 4.69) is 6.92 Å². The summed E-state index contributed by atoms with van der Waals surface area (Å²) in [5, 5.41) is 9.90. The Bertz CT molecular complexity index is 576. The van der Waals surface area contributed by atoms with E-state index in [1.807, 2.05) is 29.2 Å². The fraction of sp³-hybridized carbons (Fsp3) is 0.632. The molecule has 1 aromatic rings. The smallest absolute Gasteiger partial charge is 0.257 e. The number of carbonyl (C=O) groups excluding carboxylic acids is 1. The molecule has 0 aromatic heterocycles. The molecule has 24 heavy (non-hydrogen) atoms. The standard InChI is InChI=1S/C19H27NO4/c1-2-3-9-24-17-7-5-4-6-16(17)18(22)20-11-15-12-23-10-8-19(15,13-20)14-21/h4-7,15,21H,2-3,8-14H2,1H3/t15-,19-/m1/s1. The molecule has 5 heteroatoms. The molecular formula is C19H27NO4. The van der Waals surface area contributed by atoms with Crippen LogP contribution in [0.2, 0.25) is 0 Å². The molecule has 5 nitrogen and oxygen atoms in total. The number of fused-ring (bicyclic) bond motifs is 1. The first-order valence-corrected chi connectivity index (χ1v) is 8.90. The van der Waals surface area contributed by atoms with E-state index in [-0.39, 0.29) is 23.8 Å². The van der Waals surface area contributed by atoms with Crippen LogP contribution >= 0.6 is 0 Å². The lowest BCUT2D eigenvalue weighted by Gasteiger charge is -2.36. The van der Waals surface area contributed by atoms with Gasteiger partial charge < -0.3 is 19.5 Å². The van der Waals surface area contributed by atoms with Crippen molar-refractivity contribution in [2.24, 2.45) is 11.3 Å². The molecule has 1 aromatic carbocycles. The molecule has 1 amide bonds. The Hall–Kier alpha value is -1.59. The van der Waals surface area contributed by atoms with Crippen molar-refractivity contribution in [1.82, 2.24) is 4.90 Å². The summed E-state index contributed by atoms with van der Waals surface area (Å²) in [4.78, 5) is 14.9. The van der Waals surface area contributed by atoms with Crippen molar-refractivity contribution >= 4 is 5.91 Å². The number of likely N-dealkylation sites (tertiary alicyclic amines) is 1. The van der Waals surface area contributed by atoms with Crippen LogP contribution in [0.4, 0.5) is 0 Å². The molecule has 3 rings (SSSR count). The number of benzene rings is 1. The number of amides is 1. The average molecular weight is 333 g/mol. The van der Waals surface area contributed by atoms with E-state index in [1.54, 1.807) is 0 Å². The van der Waals surface area contributed by atoms with Gasteiger partial charge in [0.2, 0.25) is 0 Å². The van der Waals surface area contributed by atoms with Crippen molar-refractivity contribution in [2.45, 2.75) is 26.2 Å². The molecular weight excluding hydrogens is 306 g/mol. The summed E-state index contributed by atoms with van der Waals surface area (Å²) < 4.78 is 11.4. The molecule has 2 fully saturated rings. The predicted molar refractivity (Wildman–Crippen MR) is 91.2 cm³/mol. The van der Waals surface area contributed by atoms with Crippen molar-refractivity contribution < 1.29 is 19.4 Å². The maximum atomic E-state index is 13.0. The summed E-state index contributed by atoms with van der Waals surface area (Å²) in [5.41, 5.74) is 0.410. The molecule has 0 radical (unpaired) electrons. The number of aliphatic hydroxyl groups is 1. The minimum atomic E-state index is -0.202. The number of hydrogen-bond donors (Lipinski definition) is 1. The Morgan fingerprint density at radius 2 is 2.29 bits per heavy atom. The average Bonchev–Trinajstić information content (AvgIpc) is 3.02.